The van der Waals surface area contributed by atoms with Crippen molar-refractivity contribution in [3.05, 3.63) is 53.6 Å². The van der Waals surface area contributed by atoms with Gasteiger partial charge in [0.05, 0.1) is 14.2 Å². The molecule has 5 heteroatoms. The van der Waals surface area contributed by atoms with Crippen LogP contribution in [-0.2, 0) is 11.8 Å². The third-order valence-electron chi connectivity index (χ3n) is 4.26. The highest BCUT2D eigenvalue weighted by Crippen LogP contribution is 2.39. The maximum Gasteiger partial charge on any atom is 0.160 e. The highest BCUT2D eigenvalue weighted by molar-refractivity contribution is 5.45. The Hall–Kier alpha value is -2.24. The van der Waals surface area contributed by atoms with Crippen LogP contribution in [0.1, 0.15) is 24.5 Å². The second-order valence-electron chi connectivity index (χ2n) is 6.22. The summed E-state index contributed by atoms with van der Waals surface area (Å²) in [7, 11) is 3.18. The molecule has 2 aromatic rings. The van der Waals surface area contributed by atoms with E-state index in [0.717, 1.165) is 11.1 Å². The quantitative estimate of drug-likeness (QED) is 0.679. The standard InChI is InChI=1S/C19H25NO4/c1-19(12-18(20)22,14-6-4-5-7-15(14)21)11-13-8-9-16(23-2)17(10-13)24-3/h4-10,18,21-22H,11-12,20H2,1-3H3/t18-,19?/m1/s1. The lowest BCUT2D eigenvalue weighted by molar-refractivity contribution is 0.139. The molecule has 0 aliphatic rings. The Morgan fingerprint density at radius 2 is 1.75 bits per heavy atom. The van der Waals surface area contributed by atoms with Crippen LogP contribution in [-0.4, -0.2) is 30.7 Å². The van der Waals surface area contributed by atoms with Crippen LogP contribution in [0.2, 0.25) is 0 Å². The third kappa shape index (κ3) is 3.99. The minimum absolute atomic E-state index is 0.195. The maximum atomic E-state index is 10.3. The number of phenols is 1. The Balaban J connectivity index is 2.41. The van der Waals surface area contributed by atoms with Gasteiger partial charge in [0.2, 0.25) is 0 Å². The fourth-order valence-electron chi connectivity index (χ4n) is 3.16. The molecule has 0 heterocycles. The minimum Gasteiger partial charge on any atom is -0.508 e. The van der Waals surface area contributed by atoms with Crippen molar-refractivity contribution in [2.75, 3.05) is 14.2 Å². The molecule has 0 bridgehead atoms. The predicted molar refractivity (Wildman–Crippen MR) is 93.5 cm³/mol. The Bertz CT molecular complexity index is 687. The van der Waals surface area contributed by atoms with E-state index in [9.17, 15) is 10.2 Å². The van der Waals surface area contributed by atoms with Gasteiger partial charge in [0.15, 0.2) is 11.5 Å². The van der Waals surface area contributed by atoms with Crippen molar-refractivity contribution in [2.45, 2.75) is 31.4 Å². The van der Waals surface area contributed by atoms with Crippen LogP contribution in [0, 0.1) is 0 Å². The summed E-state index contributed by atoms with van der Waals surface area (Å²) in [5, 5.41) is 20.0. The zero-order valence-corrected chi connectivity index (χ0v) is 14.3. The summed E-state index contributed by atoms with van der Waals surface area (Å²) >= 11 is 0. The van der Waals surface area contributed by atoms with Gasteiger partial charge in [-0.15, -0.1) is 0 Å². The van der Waals surface area contributed by atoms with Crippen molar-refractivity contribution >= 4 is 0 Å². The van der Waals surface area contributed by atoms with E-state index < -0.39 is 11.6 Å². The van der Waals surface area contributed by atoms with E-state index in [1.165, 1.54) is 0 Å². The van der Waals surface area contributed by atoms with Crippen LogP contribution in [0.3, 0.4) is 0 Å². The molecule has 0 saturated carbocycles. The second kappa shape index (κ2) is 7.55. The molecular weight excluding hydrogens is 306 g/mol. The number of ether oxygens (including phenoxy) is 2. The normalized spacial score (nSPS) is 14.7. The molecule has 0 aliphatic carbocycles. The van der Waals surface area contributed by atoms with E-state index in [4.69, 9.17) is 15.2 Å². The molecule has 2 rings (SSSR count). The molecule has 5 nitrogen and oxygen atoms in total. The largest absolute Gasteiger partial charge is 0.508 e. The molecule has 0 amide bonds. The number of hydrogen-bond donors (Lipinski definition) is 3. The molecule has 130 valence electrons. The first-order valence-electron chi connectivity index (χ1n) is 7.82. The molecule has 0 saturated heterocycles. The topological polar surface area (TPSA) is 84.9 Å². The average molecular weight is 331 g/mol. The number of aromatic hydroxyl groups is 1. The van der Waals surface area contributed by atoms with E-state index in [2.05, 4.69) is 0 Å². The van der Waals surface area contributed by atoms with E-state index >= 15 is 0 Å². The molecule has 0 aromatic heterocycles. The van der Waals surface area contributed by atoms with Crippen molar-refractivity contribution in [1.82, 2.24) is 0 Å². The van der Waals surface area contributed by atoms with Crippen LogP contribution >= 0.6 is 0 Å². The SMILES string of the molecule is COc1ccc(CC(C)(C[C@H](N)O)c2ccccc2O)cc1OC. The Morgan fingerprint density at radius 1 is 1.08 bits per heavy atom. The fraction of sp³-hybridized carbons (Fsp3) is 0.368. The fourth-order valence-corrected chi connectivity index (χ4v) is 3.16. The lowest BCUT2D eigenvalue weighted by Gasteiger charge is -2.32. The van der Waals surface area contributed by atoms with E-state index in [-0.39, 0.29) is 5.75 Å². The minimum atomic E-state index is -0.977. The summed E-state index contributed by atoms with van der Waals surface area (Å²) in [6.45, 7) is 1.98. The number of phenolic OH excluding ortho intramolecular Hbond substituents is 1. The molecule has 0 aliphatic heterocycles. The second-order valence-corrected chi connectivity index (χ2v) is 6.22. The number of nitrogens with two attached hydrogens (primary N) is 1. The Morgan fingerprint density at radius 3 is 2.33 bits per heavy atom. The van der Waals surface area contributed by atoms with Crippen LogP contribution in [0.15, 0.2) is 42.5 Å². The Kier molecular flexibility index (Phi) is 5.70. The highest BCUT2D eigenvalue weighted by Gasteiger charge is 2.31. The first-order chi connectivity index (χ1) is 11.4. The van der Waals surface area contributed by atoms with Crippen LogP contribution in [0.25, 0.3) is 0 Å². The van der Waals surface area contributed by atoms with Crippen LogP contribution in [0.4, 0.5) is 0 Å². The molecular formula is C19H25NO4. The van der Waals surface area contributed by atoms with E-state index in [1.807, 2.05) is 37.3 Å². The summed E-state index contributed by atoms with van der Waals surface area (Å²) in [5.41, 5.74) is 6.87. The predicted octanol–water partition coefficient (Wildman–Crippen LogP) is 2.58. The number of hydrogen-bond acceptors (Lipinski definition) is 5. The van der Waals surface area contributed by atoms with Crippen molar-refractivity contribution in [2.24, 2.45) is 5.73 Å². The third-order valence-corrected chi connectivity index (χ3v) is 4.26. The number of benzene rings is 2. The number of aliphatic hydroxyl groups excluding tert-OH is 1. The first-order valence-corrected chi connectivity index (χ1v) is 7.82. The van der Waals surface area contributed by atoms with Gasteiger partial charge in [-0.2, -0.15) is 0 Å². The summed E-state index contributed by atoms with van der Waals surface area (Å²) in [5.74, 6) is 1.49. The monoisotopic (exact) mass is 331 g/mol. The Labute approximate surface area is 142 Å². The van der Waals surface area contributed by atoms with Crippen molar-refractivity contribution in [1.29, 1.82) is 0 Å². The van der Waals surface area contributed by atoms with Gasteiger partial charge in [-0.1, -0.05) is 31.2 Å². The number of aliphatic hydroxyl groups is 1. The van der Waals surface area contributed by atoms with Crippen molar-refractivity contribution in [3.8, 4) is 17.2 Å². The van der Waals surface area contributed by atoms with Gasteiger partial charge in [0, 0.05) is 11.0 Å². The molecule has 2 aromatic carbocycles. The van der Waals surface area contributed by atoms with Gasteiger partial charge >= 0.3 is 0 Å². The number of para-hydroxylation sites is 1. The molecule has 0 spiro atoms. The van der Waals surface area contributed by atoms with Gasteiger partial charge in [-0.05, 0) is 36.6 Å². The maximum absolute atomic E-state index is 10.3. The molecule has 0 fully saturated rings. The summed E-state index contributed by atoms with van der Waals surface area (Å²) in [4.78, 5) is 0. The van der Waals surface area contributed by atoms with Gasteiger partial charge in [0.25, 0.3) is 0 Å². The summed E-state index contributed by atoms with van der Waals surface area (Å²) in [6, 6.07) is 12.8. The van der Waals surface area contributed by atoms with Crippen LogP contribution < -0.4 is 15.2 Å². The smallest absolute Gasteiger partial charge is 0.160 e. The zero-order chi connectivity index (χ0) is 17.7. The molecule has 2 atom stereocenters. The van der Waals surface area contributed by atoms with Gasteiger partial charge in [-0.3, -0.25) is 0 Å². The van der Waals surface area contributed by atoms with E-state index in [0.29, 0.717) is 24.3 Å². The van der Waals surface area contributed by atoms with Crippen molar-refractivity contribution < 1.29 is 19.7 Å². The number of methoxy groups -OCH3 is 2. The zero-order valence-electron chi connectivity index (χ0n) is 14.3. The van der Waals surface area contributed by atoms with Gasteiger partial charge in [-0.25, -0.2) is 0 Å². The lowest BCUT2D eigenvalue weighted by Crippen LogP contribution is -2.34. The van der Waals surface area contributed by atoms with Crippen molar-refractivity contribution in [3.63, 3.8) is 0 Å². The van der Waals surface area contributed by atoms with E-state index in [1.54, 1.807) is 26.4 Å². The number of rotatable bonds is 7. The molecule has 4 N–H and O–H groups in total. The average Bonchev–Trinajstić information content (AvgIpc) is 2.54. The molecule has 1 unspecified atom stereocenters. The van der Waals surface area contributed by atoms with Crippen LogP contribution in [0.5, 0.6) is 17.2 Å². The first kappa shape index (κ1) is 18.1. The highest BCUT2D eigenvalue weighted by atomic mass is 16.5. The van der Waals surface area contributed by atoms with Gasteiger partial charge in [0.1, 0.15) is 12.0 Å². The lowest BCUT2D eigenvalue weighted by atomic mass is 9.74. The molecule has 0 radical (unpaired) electrons. The van der Waals surface area contributed by atoms with Gasteiger partial charge < -0.3 is 25.4 Å². The summed E-state index contributed by atoms with van der Waals surface area (Å²) < 4.78 is 10.6. The summed E-state index contributed by atoms with van der Waals surface area (Å²) in [6.07, 6.45) is -0.0762. The molecule has 24 heavy (non-hydrogen) atoms.